The number of aromatic nitrogens is 2. The summed E-state index contributed by atoms with van der Waals surface area (Å²) in [4.78, 5) is 31.3. The van der Waals surface area contributed by atoms with Gasteiger partial charge in [-0.25, -0.2) is 4.98 Å². The largest absolute Gasteiger partial charge is 0.497 e. The highest BCUT2D eigenvalue weighted by molar-refractivity contribution is 6.01. The fraction of sp³-hybridized carbons (Fsp3) is 0.160. The number of benzene rings is 3. The molecule has 3 aromatic carbocycles. The predicted octanol–water partition coefficient (Wildman–Crippen LogP) is 3.48. The van der Waals surface area contributed by atoms with Gasteiger partial charge in [0.25, 0.3) is 11.5 Å². The summed E-state index contributed by atoms with van der Waals surface area (Å²) in [5.74, 6) is 1.54. The molecule has 0 aliphatic heterocycles. The van der Waals surface area contributed by atoms with Crippen LogP contribution in [-0.2, 0) is 0 Å². The number of methoxy groups -OCH3 is 4. The Balaban J connectivity index is 1.88. The maximum Gasteiger partial charge on any atom is 0.280 e. The van der Waals surface area contributed by atoms with Crippen molar-refractivity contribution in [2.24, 2.45) is 0 Å². The Kier molecular flexibility index (Phi) is 6.35. The summed E-state index contributed by atoms with van der Waals surface area (Å²) in [6.45, 7) is 0. The van der Waals surface area contributed by atoms with Crippen LogP contribution in [0.25, 0.3) is 22.3 Å². The first-order valence-corrected chi connectivity index (χ1v) is 10.3. The molecule has 1 amide bonds. The maximum absolute atomic E-state index is 13.4. The zero-order chi connectivity index (χ0) is 24.2. The van der Waals surface area contributed by atoms with Gasteiger partial charge in [0.05, 0.1) is 39.3 Å². The first-order valence-electron chi connectivity index (χ1n) is 10.3. The number of carbonyl (C=O) groups excluding carboxylic acids is 1. The van der Waals surface area contributed by atoms with Crippen LogP contribution in [0.15, 0.2) is 65.5 Å². The minimum Gasteiger partial charge on any atom is -0.497 e. The molecule has 0 aliphatic carbocycles. The summed E-state index contributed by atoms with van der Waals surface area (Å²) in [6, 6.07) is 16.8. The number of hydrogen-bond donors (Lipinski definition) is 1. The van der Waals surface area contributed by atoms with Gasteiger partial charge in [0.15, 0.2) is 17.3 Å². The van der Waals surface area contributed by atoms with E-state index in [9.17, 15) is 9.59 Å². The second kappa shape index (κ2) is 9.53. The smallest absolute Gasteiger partial charge is 0.280 e. The van der Waals surface area contributed by atoms with Gasteiger partial charge >= 0.3 is 0 Å². The van der Waals surface area contributed by atoms with E-state index in [4.69, 9.17) is 18.9 Å². The number of nitrogens with zero attached hydrogens (tertiary/aromatic N) is 2. The van der Waals surface area contributed by atoms with Crippen LogP contribution >= 0.6 is 0 Å². The van der Waals surface area contributed by atoms with Crippen molar-refractivity contribution in [2.75, 3.05) is 33.9 Å². The van der Waals surface area contributed by atoms with E-state index in [2.05, 4.69) is 10.4 Å². The van der Waals surface area contributed by atoms with E-state index in [1.807, 2.05) is 0 Å². The van der Waals surface area contributed by atoms with E-state index in [1.165, 1.54) is 28.4 Å². The fourth-order valence-corrected chi connectivity index (χ4v) is 3.51. The number of amides is 1. The molecule has 0 radical (unpaired) electrons. The van der Waals surface area contributed by atoms with Crippen molar-refractivity contribution in [3.05, 3.63) is 76.6 Å². The topological polar surface area (TPSA) is 101 Å². The number of fused-ring (bicyclic) bond motifs is 1. The lowest BCUT2D eigenvalue weighted by Gasteiger charge is -2.16. The normalized spacial score (nSPS) is 10.6. The Morgan fingerprint density at radius 3 is 2.15 bits per heavy atom. The molecule has 9 heteroatoms. The van der Waals surface area contributed by atoms with Crippen molar-refractivity contribution in [3.63, 3.8) is 0 Å². The summed E-state index contributed by atoms with van der Waals surface area (Å²) in [7, 11) is 6.03. The van der Waals surface area contributed by atoms with Gasteiger partial charge in [0.1, 0.15) is 11.5 Å². The van der Waals surface area contributed by atoms with Crippen molar-refractivity contribution in [1.82, 2.24) is 9.66 Å². The highest BCUT2D eigenvalue weighted by atomic mass is 16.5. The summed E-state index contributed by atoms with van der Waals surface area (Å²) in [6.07, 6.45) is 0. The molecular weight excluding hydrogens is 438 g/mol. The molecule has 0 saturated heterocycles. The third-order valence-electron chi connectivity index (χ3n) is 5.24. The zero-order valence-corrected chi connectivity index (χ0v) is 19.1. The molecule has 0 aliphatic rings. The van der Waals surface area contributed by atoms with Crippen LogP contribution in [0.4, 0.5) is 0 Å². The molecule has 0 fully saturated rings. The Morgan fingerprint density at radius 1 is 0.824 bits per heavy atom. The third-order valence-corrected chi connectivity index (χ3v) is 5.24. The minimum absolute atomic E-state index is 0.230. The molecule has 0 atom stereocenters. The van der Waals surface area contributed by atoms with E-state index in [1.54, 1.807) is 60.7 Å². The van der Waals surface area contributed by atoms with E-state index < -0.39 is 11.5 Å². The van der Waals surface area contributed by atoms with Gasteiger partial charge in [-0.1, -0.05) is 12.1 Å². The molecule has 0 bridgehead atoms. The average Bonchev–Trinajstić information content (AvgIpc) is 2.89. The van der Waals surface area contributed by atoms with Crippen molar-refractivity contribution in [3.8, 4) is 34.4 Å². The van der Waals surface area contributed by atoms with E-state index in [0.29, 0.717) is 39.5 Å². The fourth-order valence-electron chi connectivity index (χ4n) is 3.51. The molecule has 34 heavy (non-hydrogen) atoms. The Labute approximate surface area is 195 Å². The van der Waals surface area contributed by atoms with Crippen LogP contribution in [0.5, 0.6) is 23.0 Å². The highest BCUT2D eigenvalue weighted by Gasteiger charge is 2.18. The molecule has 0 spiro atoms. The number of carbonyl (C=O) groups is 1. The highest BCUT2D eigenvalue weighted by Crippen LogP contribution is 2.31. The Hall–Kier alpha value is -4.53. The first kappa shape index (κ1) is 22.7. The van der Waals surface area contributed by atoms with Gasteiger partial charge in [-0.2, -0.15) is 4.68 Å². The summed E-state index contributed by atoms with van der Waals surface area (Å²) >= 11 is 0. The van der Waals surface area contributed by atoms with Gasteiger partial charge in [0, 0.05) is 17.2 Å². The quantitative estimate of drug-likeness (QED) is 0.450. The van der Waals surface area contributed by atoms with E-state index in [-0.39, 0.29) is 11.4 Å². The van der Waals surface area contributed by atoms with Crippen LogP contribution in [0, 0.1) is 0 Å². The molecular formula is C25H23N3O6. The number of hydrogen-bond acceptors (Lipinski definition) is 7. The van der Waals surface area contributed by atoms with Crippen LogP contribution in [0.3, 0.4) is 0 Å². The van der Waals surface area contributed by atoms with Crippen LogP contribution in [-0.4, -0.2) is 44.0 Å². The number of rotatable bonds is 7. The van der Waals surface area contributed by atoms with E-state index in [0.717, 1.165) is 4.68 Å². The molecule has 1 aromatic heterocycles. The molecule has 1 N–H and O–H groups in total. The van der Waals surface area contributed by atoms with Gasteiger partial charge in [-0.05, 0) is 42.5 Å². The Bertz CT molecular complexity index is 1410. The van der Waals surface area contributed by atoms with Crippen LogP contribution < -0.4 is 29.9 Å². The molecule has 1 heterocycles. The maximum atomic E-state index is 13.4. The molecule has 4 rings (SSSR count). The number of ether oxygens (including phenoxy) is 4. The molecule has 4 aromatic rings. The van der Waals surface area contributed by atoms with Gasteiger partial charge in [0.2, 0.25) is 0 Å². The molecule has 9 nitrogen and oxygen atoms in total. The van der Waals surface area contributed by atoms with Gasteiger partial charge < -0.3 is 18.9 Å². The lowest BCUT2D eigenvalue weighted by atomic mass is 10.1. The van der Waals surface area contributed by atoms with E-state index >= 15 is 0 Å². The molecule has 0 unspecified atom stereocenters. The Morgan fingerprint density at radius 2 is 1.50 bits per heavy atom. The lowest BCUT2D eigenvalue weighted by molar-refractivity contribution is 0.101. The van der Waals surface area contributed by atoms with Crippen molar-refractivity contribution >= 4 is 16.8 Å². The van der Waals surface area contributed by atoms with Crippen molar-refractivity contribution in [2.45, 2.75) is 0 Å². The third kappa shape index (κ3) is 4.23. The van der Waals surface area contributed by atoms with Crippen LogP contribution in [0.2, 0.25) is 0 Å². The van der Waals surface area contributed by atoms with Crippen LogP contribution in [0.1, 0.15) is 10.4 Å². The zero-order valence-electron chi connectivity index (χ0n) is 19.1. The number of para-hydroxylation sites is 1. The molecule has 174 valence electrons. The summed E-state index contributed by atoms with van der Waals surface area (Å²) < 4.78 is 22.3. The number of nitrogens with one attached hydrogen (secondary N) is 1. The second-order valence-electron chi connectivity index (χ2n) is 7.21. The SMILES string of the molecule is COc1cc(OC)cc(C(=O)Nn2c(-c3ccc(OC)c(OC)c3)nc3ccccc3c2=O)c1. The standard InChI is InChI=1S/C25H23N3O6/c1-31-17-11-16(12-18(14-17)32-2)24(29)27-28-23(15-9-10-21(33-3)22(13-15)34-4)26-20-8-6-5-7-19(20)25(28)30/h5-14H,1-4H3,(H,27,29). The minimum atomic E-state index is -0.543. The van der Waals surface area contributed by atoms with Crippen molar-refractivity contribution < 1.29 is 23.7 Å². The first-order chi connectivity index (χ1) is 16.5. The second-order valence-corrected chi connectivity index (χ2v) is 7.21. The van der Waals surface area contributed by atoms with Crippen molar-refractivity contribution in [1.29, 1.82) is 0 Å². The average molecular weight is 461 g/mol. The predicted molar refractivity (Wildman–Crippen MR) is 128 cm³/mol. The lowest BCUT2D eigenvalue weighted by Crippen LogP contribution is -2.35. The van der Waals surface area contributed by atoms with Gasteiger partial charge in [-0.3, -0.25) is 15.0 Å². The summed E-state index contributed by atoms with van der Waals surface area (Å²) in [5, 5.41) is 0.357. The van der Waals surface area contributed by atoms with Gasteiger partial charge in [-0.15, -0.1) is 0 Å². The monoisotopic (exact) mass is 461 g/mol. The molecule has 0 saturated carbocycles. The summed E-state index contributed by atoms with van der Waals surface area (Å²) in [5.41, 5.74) is 3.52.